The average molecular weight is 462 g/mol. The number of nitro benzene ring substituents is 1. The van der Waals surface area contributed by atoms with Crippen molar-refractivity contribution in [1.29, 1.82) is 0 Å². The average Bonchev–Trinajstić information content (AvgIpc) is 2.77. The van der Waals surface area contributed by atoms with Crippen LogP contribution in [-0.4, -0.2) is 23.7 Å². The molecule has 1 amide bonds. The lowest BCUT2D eigenvalue weighted by molar-refractivity contribution is -0.384. The van der Waals surface area contributed by atoms with Crippen LogP contribution in [0.4, 0.5) is 11.4 Å². The van der Waals surface area contributed by atoms with Crippen molar-refractivity contribution in [2.45, 2.75) is 39.5 Å². The lowest BCUT2D eigenvalue weighted by Crippen LogP contribution is -2.39. The van der Waals surface area contributed by atoms with Gasteiger partial charge in [0.05, 0.1) is 17.7 Å². The maximum absolute atomic E-state index is 13.6. The van der Waals surface area contributed by atoms with Crippen LogP contribution in [0.2, 0.25) is 0 Å². The Labute approximate surface area is 197 Å². The minimum Gasteiger partial charge on any atom is -0.495 e. The zero-order valence-electron chi connectivity index (χ0n) is 19.6. The van der Waals surface area contributed by atoms with Crippen molar-refractivity contribution in [2.75, 3.05) is 12.4 Å². The van der Waals surface area contributed by atoms with Gasteiger partial charge in [0.15, 0.2) is 5.78 Å². The number of benzene rings is 2. The van der Waals surface area contributed by atoms with Gasteiger partial charge in [0.2, 0.25) is 0 Å². The minimum absolute atomic E-state index is 0.0304. The van der Waals surface area contributed by atoms with E-state index in [0.717, 1.165) is 5.70 Å². The SMILES string of the molecule is COc1ccccc1NC(=O)C1=C(C)NC2=C(C(=O)CC(C)(C)C2)[C@@H]1c1ccc([N+](=O)[O-])cc1. The fourth-order valence-corrected chi connectivity index (χ4v) is 4.80. The Morgan fingerprint density at radius 3 is 2.47 bits per heavy atom. The van der Waals surface area contributed by atoms with E-state index in [9.17, 15) is 19.7 Å². The summed E-state index contributed by atoms with van der Waals surface area (Å²) in [6, 6.07) is 13.1. The monoisotopic (exact) mass is 461 g/mol. The van der Waals surface area contributed by atoms with Gasteiger partial charge in [-0.25, -0.2) is 0 Å². The van der Waals surface area contributed by atoms with Gasteiger partial charge in [-0.3, -0.25) is 19.7 Å². The summed E-state index contributed by atoms with van der Waals surface area (Å²) in [5, 5.41) is 17.4. The van der Waals surface area contributed by atoms with Gasteiger partial charge in [0, 0.05) is 47.0 Å². The van der Waals surface area contributed by atoms with Crippen molar-refractivity contribution < 1.29 is 19.2 Å². The first-order valence-corrected chi connectivity index (χ1v) is 11.0. The summed E-state index contributed by atoms with van der Waals surface area (Å²) in [7, 11) is 1.52. The molecule has 1 heterocycles. The van der Waals surface area contributed by atoms with Crippen molar-refractivity contribution >= 4 is 23.1 Å². The van der Waals surface area contributed by atoms with Crippen molar-refractivity contribution in [1.82, 2.24) is 5.32 Å². The number of para-hydroxylation sites is 2. The highest BCUT2D eigenvalue weighted by Gasteiger charge is 2.42. The second-order valence-electron chi connectivity index (χ2n) is 9.43. The Bertz CT molecular complexity index is 1240. The first-order valence-electron chi connectivity index (χ1n) is 11.0. The zero-order valence-corrected chi connectivity index (χ0v) is 19.6. The number of hydrogen-bond acceptors (Lipinski definition) is 6. The maximum atomic E-state index is 13.6. The molecule has 2 aromatic rings. The molecule has 2 N–H and O–H groups in total. The number of hydrogen-bond donors (Lipinski definition) is 2. The molecular weight excluding hydrogens is 434 g/mol. The number of dihydropyridines is 1. The second kappa shape index (κ2) is 8.78. The molecule has 0 saturated carbocycles. The summed E-state index contributed by atoms with van der Waals surface area (Å²) < 4.78 is 5.36. The first kappa shape index (κ1) is 23.2. The highest BCUT2D eigenvalue weighted by Crippen LogP contribution is 2.47. The van der Waals surface area contributed by atoms with Crippen molar-refractivity contribution in [3.05, 3.63) is 86.7 Å². The number of allylic oxidation sites excluding steroid dienone is 3. The molecular formula is C26H27N3O5. The standard InChI is InChI=1S/C26H27N3O5/c1-15-22(25(31)28-18-7-5-6-8-21(18)34-4)23(16-9-11-17(12-10-16)29(32)33)24-19(27-15)13-26(2,3)14-20(24)30/h5-12,23,27H,13-14H2,1-4H3,(H,28,31)/t23-/m1/s1. The van der Waals surface area contributed by atoms with Crippen LogP contribution in [0.5, 0.6) is 5.75 Å². The van der Waals surface area contributed by atoms with Crippen LogP contribution in [0.15, 0.2) is 71.1 Å². The lowest BCUT2D eigenvalue weighted by Gasteiger charge is -2.39. The van der Waals surface area contributed by atoms with E-state index < -0.39 is 10.8 Å². The summed E-state index contributed by atoms with van der Waals surface area (Å²) in [5.74, 6) is -0.533. The third-order valence-electron chi connectivity index (χ3n) is 6.28. The van der Waals surface area contributed by atoms with E-state index in [1.54, 1.807) is 36.4 Å². The summed E-state index contributed by atoms with van der Waals surface area (Å²) in [4.78, 5) is 37.7. The molecule has 1 aliphatic carbocycles. The number of carbonyl (C=O) groups is 2. The summed E-state index contributed by atoms with van der Waals surface area (Å²) in [6.45, 7) is 5.89. The molecule has 2 aromatic carbocycles. The smallest absolute Gasteiger partial charge is 0.269 e. The molecule has 0 aromatic heterocycles. The van der Waals surface area contributed by atoms with Gasteiger partial charge in [0.1, 0.15) is 5.75 Å². The largest absolute Gasteiger partial charge is 0.495 e. The highest BCUT2D eigenvalue weighted by atomic mass is 16.6. The number of rotatable bonds is 5. The van der Waals surface area contributed by atoms with Gasteiger partial charge in [-0.05, 0) is 36.5 Å². The number of anilines is 1. The fourth-order valence-electron chi connectivity index (χ4n) is 4.80. The highest BCUT2D eigenvalue weighted by molar-refractivity contribution is 6.10. The van der Waals surface area contributed by atoms with Gasteiger partial charge in [0.25, 0.3) is 11.6 Å². The number of nitrogens with zero attached hydrogens (tertiary/aromatic N) is 1. The molecule has 0 radical (unpaired) electrons. The van der Waals surface area contributed by atoms with E-state index in [0.29, 0.717) is 46.7 Å². The van der Waals surface area contributed by atoms with Crippen LogP contribution in [0.25, 0.3) is 0 Å². The van der Waals surface area contributed by atoms with E-state index in [1.807, 2.05) is 20.8 Å². The Balaban J connectivity index is 1.81. The fraction of sp³-hybridized carbons (Fsp3) is 0.308. The molecule has 34 heavy (non-hydrogen) atoms. The van der Waals surface area contributed by atoms with E-state index >= 15 is 0 Å². The zero-order chi connectivity index (χ0) is 24.6. The van der Waals surface area contributed by atoms with Gasteiger partial charge in [-0.15, -0.1) is 0 Å². The number of non-ortho nitro benzene ring substituents is 1. The number of carbonyl (C=O) groups excluding carboxylic acids is 2. The quantitative estimate of drug-likeness (QED) is 0.487. The summed E-state index contributed by atoms with van der Waals surface area (Å²) in [5.41, 5.74) is 3.28. The van der Waals surface area contributed by atoms with E-state index in [-0.39, 0.29) is 22.8 Å². The topological polar surface area (TPSA) is 111 Å². The molecule has 0 saturated heterocycles. The maximum Gasteiger partial charge on any atom is 0.269 e. The molecule has 0 spiro atoms. The molecule has 1 atom stereocenters. The van der Waals surface area contributed by atoms with E-state index in [4.69, 9.17) is 4.74 Å². The van der Waals surface area contributed by atoms with Crippen LogP contribution >= 0.6 is 0 Å². The number of Topliss-reactive ketones (excluding diaryl/α,β-unsaturated/α-hetero) is 1. The molecule has 0 bridgehead atoms. The van der Waals surface area contributed by atoms with E-state index in [2.05, 4.69) is 10.6 Å². The number of nitrogens with one attached hydrogen (secondary N) is 2. The summed E-state index contributed by atoms with van der Waals surface area (Å²) in [6.07, 6.45) is 1.02. The summed E-state index contributed by atoms with van der Waals surface area (Å²) >= 11 is 0. The predicted molar refractivity (Wildman–Crippen MR) is 128 cm³/mol. The van der Waals surface area contributed by atoms with Crippen molar-refractivity contribution in [3.63, 3.8) is 0 Å². The molecule has 0 unspecified atom stereocenters. The van der Waals surface area contributed by atoms with Crippen LogP contribution < -0.4 is 15.4 Å². The molecule has 0 fully saturated rings. The molecule has 8 heteroatoms. The third-order valence-corrected chi connectivity index (χ3v) is 6.28. The Kier molecular flexibility index (Phi) is 6.00. The van der Waals surface area contributed by atoms with Crippen LogP contribution in [0.3, 0.4) is 0 Å². The van der Waals surface area contributed by atoms with Crippen molar-refractivity contribution in [3.8, 4) is 5.75 Å². The third kappa shape index (κ3) is 4.31. The lowest BCUT2D eigenvalue weighted by atomic mass is 9.68. The van der Waals surface area contributed by atoms with Crippen LogP contribution in [-0.2, 0) is 9.59 Å². The Morgan fingerprint density at radius 2 is 1.82 bits per heavy atom. The number of methoxy groups -OCH3 is 1. The number of nitro groups is 1. The molecule has 4 rings (SSSR count). The number of ether oxygens (including phenoxy) is 1. The Morgan fingerprint density at radius 1 is 1.15 bits per heavy atom. The van der Waals surface area contributed by atoms with Gasteiger partial charge in [-0.1, -0.05) is 38.1 Å². The predicted octanol–water partition coefficient (Wildman–Crippen LogP) is 4.85. The van der Waals surface area contributed by atoms with Gasteiger partial charge in [-0.2, -0.15) is 0 Å². The second-order valence-corrected chi connectivity index (χ2v) is 9.43. The Hall–Kier alpha value is -3.94. The first-order chi connectivity index (χ1) is 16.1. The normalized spacial score (nSPS) is 19.3. The number of ketones is 1. The van der Waals surface area contributed by atoms with Crippen LogP contribution in [0, 0.1) is 15.5 Å². The van der Waals surface area contributed by atoms with Gasteiger partial charge < -0.3 is 15.4 Å². The van der Waals surface area contributed by atoms with E-state index in [1.165, 1.54) is 19.2 Å². The molecule has 2 aliphatic rings. The minimum atomic E-state index is -0.643. The molecule has 8 nitrogen and oxygen atoms in total. The molecule has 1 aliphatic heterocycles. The van der Waals surface area contributed by atoms with Gasteiger partial charge >= 0.3 is 0 Å². The number of amides is 1. The van der Waals surface area contributed by atoms with Crippen LogP contribution in [0.1, 0.15) is 45.1 Å². The van der Waals surface area contributed by atoms with Crippen molar-refractivity contribution in [2.24, 2.45) is 5.41 Å². The molecule has 176 valence electrons.